The molecule has 1 aliphatic heterocycles. The number of nitrogens with zero attached hydrogens (tertiary/aromatic N) is 2. The van der Waals surface area contributed by atoms with Crippen LogP contribution in [0.4, 0.5) is 0 Å². The molecule has 1 atom stereocenters. The summed E-state index contributed by atoms with van der Waals surface area (Å²) in [4.78, 5) is 13.3. The fourth-order valence-corrected chi connectivity index (χ4v) is 2.00. The first-order chi connectivity index (χ1) is 6.77. The minimum Gasteiger partial charge on any atom is -0.342 e. The number of likely N-dealkylation sites (tertiary alicyclic amines) is 1. The molecule has 3 nitrogen and oxygen atoms in total. The molecule has 0 saturated carbocycles. The Morgan fingerprint density at radius 3 is 2.93 bits per heavy atom. The van der Waals surface area contributed by atoms with Crippen LogP contribution in [0.25, 0.3) is 0 Å². The summed E-state index contributed by atoms with van der Waals surface area (Å²) in [6.07, 6.45) is 4.67. The summed E-state index contributed by atoms with van der Waals surface area (Å²) in [5.41, 5.74) is 0. The van der Waals surface area contributed by atoms with E-state index in [0.29, 0.717) is 0 Å². The van der Waals surface area contributed by atoms with Crippen LogP contribution in [0.15, 0.2) is 0 Å². The topological polar surface area (TPSA) is 44.1 Å². The fourth-order valence-electron chi connectivity index (χ4n) is 2.00. The minimum absolute atomic E-state index is 0.00394. The van der Waals surface area contributed by atoms with Gasteiger partial charge >= 0.3 is 0 Å². The summed E-state index contributed by atoms with van der Waals surface area (Å²) in [6, 6.07) is 1.92. The van der Waals surface area contributed by atoms with Crippen molar-refractivity contribution in [2.45, 2.75) is 39.0 Å². The molecule has 0 aromatic rings. The van der Waals surface area contributed by atoms with Crippen LogP contribution in [0.1, 0.15) is 39.0 Å². The molecule has 0 radical (unpaired) electrons. The Bertz CT molecular complexity index is 232. The second kappa shape index (κ2) is 5.64. The van der Waals surface area contributed by atoms with E-state index in [4.69, 9.17) is 5.26 Å². The molecule has 1 aliphatic rings. The van der Waals surface area contributed by atoms with Crippen molar-refractivity contribution in [3.8, 4) is 6.07 Å². The Morgan fingerprint density at radius 1 is 1.50 bits per heavy atom. The molecule has 3 heteroatoms. The highest BCUT2D eigenvalue weighted by Gasteiger charge is 2.18. The molecule has 0 aromatic heterocycles. The van der Waals surface area contributed by atoms with Gasteiger partial charge in [-0.2, -0.15) is 5.26 Å². The smallest absolute Gasteiger partial charge is 0.236 e. The molecule has 1 fully saturated rings. The van der Waals surface area contributed by atoms with Crippen LogP contribution in [0.5, 0.6) is 0 Å². The first kappa shape index (κ1) is 11.0. The SMILES string of the molecule is CCC1CCCN(C(=O)CC#N)CC1. The quantitative estimate of drug-likeness (QED) is 0.674. The molecule has 1 unspecified atom stereocenters. The molecule has 1 heterocycles. The molecule has 0 N–H and O–H groups in total. The lowest BCUT2D eigenvalue weighted by Crippen LogP contribution is -2.31. The van der Waals surface area contributed by atoms with Crippen molar-refractivity contribution in [1.82, 2.24) is 4.90 Å². The first-order valence-electron chi connectivity index (χ1n) is 5.42. The van der Waals surface area contributed by atoms with Crippen molar-refractivity contribution in [2.75, 3.05) is 13.1 Å². The summed E-state index contributed by atoms with van der Waals surface area (Å²) < 4.78 is 0. The average molecular weight is 194 g/mol. The van der Waals surface area contributed by atoms with Gasteiger partial charge in [0.1, 0.15) is 6.42 Å². The van der Waals surface area contributed by atoms with E-state index in [9.17, 15) is 4.79 Å². The lowest BCUT2D eigenvalue weighted by atomic mass is 9.98. The number of nitriles is 1. The van der Waals surface area contributed by atoms with Gasteiger partial charge in [0.2, 0.25) is 5.91 Å². The zero-order valence-corrected chi connectivity index (χ0v) is 8.83. The maximum atomic E-state index is 11.4. The van der Waals surface area contributed by atoms with Gasteiger partial charge < -0.3 is 4.90 Å². The monoisotopic (exact) mass is 194 g/mol. The van der Waals surface area contributed by atoms with Gasteiger partial charge in [0.25, 0.3) is 0 Å². The number of amides is 1. The molecule has 0 spiro atoms. The van der Waals surface area contributed by atoms with Crippen LogP contribution in [0, 0.1) is 17.2 Å². The zero-order valence-electron chi connectivity index (χ0n) is 8.83. The van der Waals surface area contributed by atoms with Gasteiger partial charge in [-0.05, 0) is 25.2 Å². The Hall–Kier alpha value is -1.04. The van der Waals surface area contributed by atoms with Gasteiger partial charge in [-0.15, -0.1) is 0 Å². The number of hydrogen-bond donors (Lipinski definition) is 0. The van der Waals surface area contributed by atoms with E-state index in [1.807, 2.05) is 11.0 Å². The fraction of sp³-hybridized carbons (Fsp3) is 0.818. The van der Waals surface area contributed by atoms with Crippen LogP contribution in [0.2, 0.25) is 0 Å². The van der Waals surface area contributed by atoms with Crippen molar-refractivity contribution in [3.63, 3.8) is 0 Å². The molecule has 1 amide bonds. The van der Waals surface area contributed by atoms with Gasteiger partial charge in [-0.1, -0.05) is 13.3 Å². The Balaban J connectivity index is 2.42. The number of rotatable bonds is 2. The molecule has 78 valence electrons. The maximum Gasteiger partial charge on any atom is 0.236 e. The van der Waals surface area contributed by atoms with Gasteiger partial charge in [-0.3, -0.25) is 4.79 Å². The second-order valence-corrected chi connectivity index (χ2v) is 3.92. The van der Waals surface area contributed by atoms with Crippen molar-refractivity contribution in [1.29, 1.82) is 5.26 Å². The van der Waals surface area contributed by atoms with E-state index in [2.05, 4.69) is 6.92 Å². The molecular formula is C11H18N2O. The lowest BCUT2D eigenvalue weighted by molar-refractivity contribution is -0.130. The third-order valence-corrected chi connectivity index (χ3v) is 3.01. The Kier molecular flexibility index (Phi) is 4.45. The Morgan fingerprint density at radius 2 is 2.29 bits per heavy atom. The van der Waals surface area contributed by atoms with Crippen LogP contribution >= 0.6 is 0 Å². The highest BCUT2D eigenvalue weighted by atomic mass is 16.2. The van der Waals surface area contributed by atoms with E-state index >= 15 is 0 Å². The zero-order chi connectivity index (χ0) is 10.4. The predicted octanol–water partition coefficient (Wildman–Crippen LogP) is 1.94. The molecule has 1 rings (SSSR count). The second-order valence-electron chi connectivity index (χ2n) is 3.92. The van der Waals surface area contributed by atoms with Gasteiger partial charge in [0.15, 0.2) is 0 Å². The number of carbonyl (C=O) groups excluding carboxylic acids is 1. The van der Waals surface area contributed by atoms with E-state index in [-0.39, 0.29) is 12.3 Å². The third-order valence-electron chi connectivity index (χ3n) is 3.01. The normalized spacial score (nSPS) is 22.6. The van der Waals surface area contributed by atoms with Crippen LogP contribution in [-0.4, -0.2) is 23.9 Å². The van der Waals surface area contributed by atoms with Crippen molar-refractivity contribution in [3.05, 3.63) is 0 Å². The average Bonchev–Trinajstić information content (AvgIpc) is 2.42. The van der Waals surface area contributed by atoms with E-state index in [1.165, 1.54) is 12.8 Å². The first-order valence-corrected chi connectivity index (χ1v) is 5.42. The predicted molar refractivity (Wildman–Crippen MR) is 54.4 cm³/mol. The lowest BCUT2D eigenvalue weighted by Gasteiger charge is -2.18. The van der Waals surface area contributed by atoms with Crippen LogP contribution < -0.4 is 0 Å². The van der Waals surface area contributed by atoms with Crippen LogP contribution in [0.3, 0.4) is 0 Å². The largest absolute Gasteiger partial charge is 0.342 e. The third kappa shape index (κ3) is 3.02. The van der Waals surface area contributed by atoms with Crippen LogP contribution in [-0.2, 0) is 4.79 Å². The van der Waals surface area contributed by atoms with Gasteiger partial charge in [-0.25, -0.2) is 0 Å². The summed E-state index contributed by atoms with van der Waals surface area (Å²) in [5.74, 6) is 0.777. The van der Waals surface area contributed by atoms with E-state index < -0.39 is 0 Å². The van der Waals surface area contributed by atoms with Gasteiger partial charge in [0.05, 0.1) is 6.07 Å². The summed E-state index contributed by atoms with van der Waals surface area (Å²) >= 11 is 0. The van der Waals surface area contributed by atoms with Crippen molar-refractivity contribution < 1.29 is 4.79 Å². The van der Waals surface area contributed by atoms with Crippen molar-refractivity contribution in [2.24, 2.45) is 5.92 Å². The van der Waals surface area contributed by atoms with E-state index in [1.54, 1.807) is 0 Å². The number of carbonyl (C=O) groups is 1. The van der Waals surface area contributed by atoms with Crippen molar-refractivity contribution >= 4 is 5.91 Å². The molecule has 14 heavy (non-hydrogen) atoms. The highest BCUT2D eigenvalue weighted by molar-refractivity contribution is 5.78. The highest BCUT2D eigenvalue weighted by Crippen LogP contribution is 2.20. The van der Waals surface area contributed by atoms with Gasteiger partial charge in [0, 0.05) is 13.1 Å². The van der Waals surface area contributed by atoms with E-state index in [0.717, 1.165) is 31.8 Å². The summed E-state index contributed by atoms with van der Waals surface area (Å²) in [5, 5.41) is 8.44. The molecule has 0 aromatic carbocycles. The minimum atomic E-state index is 0.00394. The molecular weight excluding hydrogens is 176 g/mol. The standard InChI is InChI=1S/C11H18N2O/c1-2-10-4-3-8-13(9-6-10)11(14)5-7-12/h10H,2-6,8-9H2,1H3. The summed E-state index contributed by atoms with van der Waals surface area (Å²) in [6.45, 7) is 3.90. The molecule has 1 saturated heterocycles. The maximum absolute atomic E-state index is 11.4. The summed E-state index contributed by atoms with van der Waals surface area (Å²) in [7, 11) is 0. The molecule has 0 aliphatic carbocycles. The Labute approximate surface area is 85.7 Å². The molecule has 0 bridgehead atoms. The number of hydrogen-bond acceptors (Lipinski definition) is 2.